The van der Waals surface area contributed by atoms with Gasteiger partial charge in [-0.1, -0.05) is 6.07 Å². The molecule has 2 aromatic rings. The number of carbonyl (C=O) groups excluding carboxylic acids is 2. The number of nitrogens with zero attached hydrogens (tertiary/aromatic N) is 6. The molecule has 1 aliphatic carbocycles. The molecule has 9 heteroatoms. The van der Waals surface area contributed by atoms with E-state index in [1.807, 2.05) is 6.20 Å². The van der Waals surface area contributed by atoms with Gasteiger partial charge in [-0.25, -0.2) is 9.78 Å². The standard InChI is InChI=1S/C21H25N7O2/c1-14-12-16(15-2-3-15)13-23-19(14)26-8-10-27(11-9-26)20(29)17-4-5-18(25-24-17)28-7-6-22-21(28)30/h4-5,12-13,15H,2-3,6-11H2,1H3,(H,22,30). The fourth-order valence-corrected chi connectivity index (χ4v) is 4.12. The lowest BCUT2D eigenvalue weighted by atomic mass is 10.1. The van der Waals surface area contributed by atoms with Crippen LogP contribution in [0.1, 0.15) is 40.4 Å². The van der Waals surface area contributed by atoms with Crippen molar-refractivity contribution in [2.45, 2.75) is 25.7 Å². The molecule has 3 fully saturated rings. The van der Waals surface area contributed by atoms with Crippen LogP contribution >= 0.6 is 0 Å². The summed E-state index contributed by atoms with van der Waals surface area (Å²) in [7, 11) is 0. The highest BCUT2D eigenvalue weighted by Crippen LogP contribution is 2.40. The Morgan fingerprint density at radius 2 is 1.90 bits per heavy atom. The number of urea groups is 1. The fourth-order valence-electron chi connectivity index (χ4n) is 4.12. The monoisotopic (exact) mass is 407 g/mol. The largest absolute Gasteiger partial charge is 0.353 e. The molecule has 0 unspecified atom stereocenters. The number of hydrogen-bond donors (Lipinski definition) is 1. The average molecular weight is 407 g/mol. The van der Waals surface area contributed by atoms with Crippen molar-refractivity contribution in [3.8, 4) is 0 Å². The molecule has 5 rings (SSSR count). The van der Waals surface area contributed by atoms with Gasteiger partial charge in [-0.15, -0.1) is 10.2 Å². The first-order chi connectivity index (χ1) is 14.6. The molecule has 1 saturated carbocycles. The molecule has 3 aliphatic rings. The molecule has 156 valence electrons. The van der Waals surface area contributed by atoms with Gasteiger partial charge in [-0.05, 0) is 48.9 Å². The zero-order valence-corrected chi connectivity index (χ0v) is 17.0. The van der Waals surface area contributed by atoms with Crippen molar-refractivity contribution < 1.29 is 9.59 Å². The van der Waals surface area contributed by atoms with E-state index in [2.05, 4.69) is 33.4 Å². The van der Waals surface area contributed by atoms with Crippen LogP contribution in [0.5, 0.6) is 0 Å². The van der Waals surface area contributed by atoms with Crippen molar-refractivity contribution in [2.75, 3.05) is 49.1 Å². The summed E-state index contributed by atoms with van der Waals surface area (Å²) >= 11 is 0. The third-order valence-corrected chi connectivity index (χ3v) is 5.99. The lowest BCUT2D eigenvalue weighted by Crippen LogP contribution is -2.49. The second-order valence-corrected chi connectivity index (χ2v) is 8.12. The van der Waals surface area contributed by atoms with Gasteiger partial charge in [0, 0.05) is 45.5 Å². The third-order valence-electron chi connectivity index (χ3n) is 5.99. The SMILES string of the molecule is Cc1cc(C2CC2)cnc1N1CCN(C(=O)c2ccc(N3CCNC3=O)nn2)CC1. The van der Waals surface area contributed by atoms with Gasteiger partial charge in [0.25, 0.3) is 5.91 Å². The van der Waals surface area contributed by atoms with E-state index in [4.69, 9.17) is 4.98 Å². The predicted molar refractivity (Wildman–Crippen MR) is 112 cm³/mol. The zero-order valence-electron chi connectivity index (χ0n) is 17.0. The number of nitrogens with one attached hydrogen (secondary N) is 1. The number of aromatic nitrogens is 3. The second kappa shape index (κ2) is 7.55. The van der Waals surface area contributed by atoms with Gasteiger partial charge in [0.1, 0.15) is 5.82 Å². The van der Waals surface area contributed by atoms with Crippen molar-refractivity contribution >= 4 is 23.6 Å². The first-order valence-corrected chi connectivity index (χ1v) is 10.5. The highest BCUT2D eigenvalue weighted by atomic mass is 16.2. The van der Waals surface area contributed by atoms with Crippen molar-refractivity contribution in [1.82, 2.24) is 25.4 Å². The first kappa shape index (κ1) is 18.8. The Morgan fingerprint density at radius 1 is 1.10 bits per heavy atom. The molecule has 1 N–H and O–H groups in total. The average Bonchev–Trinajstić information content (AvgIpc) is 3.54. The van der Waals surface area contributed by atoms with Crippen LogP contribution in [0.3, 0.4) is 0 Å². The lowest BCUT2D eigenvalue weighted by Gasteiger charge is -2.36. The highest BCUT2D eigenvalue weighted by Gasteiger charge is 2.28. The molecule has 0 atom stereocenters. The van der Waals surface area contributed by atoms with Gasteiger partial charge in [-0.2, -0.15) is 0 Å². The predicted octanol–water partition coefficient (Wildman–Crippen LogP) is 1.55. The Balaban J connectivity index is 1.21. The van der Waals surface area contributed by atoms with Crippen LogP contribution in [0, 0.1) is 6.92 Å². The maximum atomic E-state index is 12.8. The van der Waals surface area contributed by atoms with Crippen LogP contribution in [0.15, 0.2) is 24.4 Å². The van der Waals surface area contributed by atoms with E-state index in [9.17, 15) is 9.59 Å². The van der Waals surface area contributed by atoms with Gasteiger partial charge in [0.05, 0.1) is 0 Å². The first-order valence-electron chi connectivity index (χ1n) is 10.5. The minimum absolute atomic E-state index is 0.131. The van der Waals surface area contributed by atoms with Crippen LogP contribution in [-0.4, -0.2) is 71.3 Å². The van der Waals surface area contributed by atoms with Crippen molar-refractivity contribution in [1.29, 1.82) is 0 Å². The maximum absolute atomic E-state index is 12.8. The normalized spacial score (nSPS) is 19.2. The Morgan fingerprint density at radius 3 is 2.50 bits per heavy atom. The number of anilines is 2. The third kappa shape index (κ3) is 3.55. The molecule has 0 aromatic carbocycles. The summed E-state index contributed by atoms with van der Waals surface area (Å²) in [5.41, 5.74) is 2.85. The summed E-state index contributed by atoms with van der Waals surface area (Å²) in [6.07, 6.45) is 4.56. The Bertz CT molecular complexity index is 966. The Labute approximate surface area is 175 Å². The van der Waals surface area contributed by atoms with Crippen LogP contribution in [0.25, 0.3) is 0 Å². The molecule has 3 amide bonds. The zero-order chi connectivity index (χ0) is 20.7. The minimum atomic E-state index is -0.187. The van der Waals surface area contributed by atoms with Gasteiger partial charge in [0.2, 0.25) is 0 Å². The summed E-state index contributed by atoms with van der Waals surface area (Å²) in [5, 5.41) is 10.9. The number of amides is 3. The summed E-state index contributed by atoms with van der Waals surface area (Å²) in [6, 6.07) is 5.39. The van der Waals surface area contributed by atoms with Crippen molar-refractivity contribution in [2.24, 2.45) is 0 Å². The van der Waals surface area contributed by atoms with E-state index in [1.165, 1.54) is 28.9 Å². The number of aryl methyl sites for hydroxylation is 1. The van der Waals surface area contributed by atoms with Gasteiger partial charge >= 0.3 is 6.03 Å². The molecule has 0 radical (unpaired) electrons. The molecule has 0 bridgehead atoms. The van der Waals surface area contributed by atoms with Crippen LogP contribution < -0.4 is 15.1 Å². The van der Waals surface area contributed by atoms with Gasteiger partial charge in [-0.3, -0.25) is 9.69 Å². The van der Waals surface area contributed by atoms with E-state index in [-0.39, 0.29) is 11.9 Å². The minimum Gasteiger partial charge on any atom is -0.353 e. The van der Waals surface area contributed by atoms with Crippen molar-refractivity contribution in [3.05, 3.63) is 41.2 Å². The topological polar surface area (TPSA) is 94.6 Å². The molecule has 2 aromatic heterocycles. The summed E-state index contributed by atoms with van der Waals surface area (Å²) in [4.78, 5) is 34.8. The number of rotatable bonds is 4. The molecule has 2 saturated heterocycles. The van der Waals surface area contributed by atoms with E-state index in [0.717, 1.165) is 18.9 Å². The molecule has 0 spiro atoms. The smallest absolute Gasteiger partial charge is 0.323 e. The molecular formula is C21H25N7O2. The number of piperazine rings is 1. The quantitative estimate of drug-likeness (QED) is 0.826. The summed E-state index contributed by atoms with van der Waals surface area (Å²) in [6.45, 7) is 5.96. The molecular weight excluding hydrogens is 382 g/mol. The molecule has 30 heavy (non-hydrogen) atoms. The van der Waals surface area contributed by atoms with E-state index in [0.29, 0.717) is 43.6 Å². The van der Waals surface area contributed by atoms with Crippen LogP contribution in [0.4, 0.5) is 16.4 Å². The van der Waals surface area contributed by atoms with Crippen molar-refractivity contribution in [3.63, 3.8) is 0 Å². The van der Waals surface area contributed by atoms with Crippen LogP contribution in [-0.2, 0) is 0 Å². The second-order valence-electron chi connectivity index (χ2n) is 8.12. The summed E-state index contributed by atoms with van der Waals surface area (Å²) in [5.74, 6) is 2.04. The molecule has 2 aliphatic heterocycles. The van der Waals surface area contributed by atoms with Gasteiger partial charge in [0.15, 0.2) is 11.5 Å². The highest BCUT2D eigenvalue weighted by molar-refractivity contribution is 5.94. The van der Waals surface area contributed by atoms with Gasteiger partial charge < -0.3 is 15.1 Å². The summed E-state index contributed by atoms with van der Waals surface area (Å²) < 4.78 is 0. The Kier molecular flexibility index (Phi) is 4.72. The number of pyridine rings is 1. The Hall–Kier alpha value is -3.23. The van der Waals surface area contributed by atoms with Crippen LogP contribution in [0.2, 0.25) is 0 Å². The van der Waals surface area contributed by atoms with E-state index in [1.54, 1.807) is 17.0 Å². The van der Waals surface area contributed by atoms with E-state index >= 15 is 0 Å². The number of carbonyl (C=O) groups is 2. The number of hydrogen-bond acceptors (Lipinski definition) is 6. The molecule has 9 nitrogen and oxygen atoms in total. The lowest BCUT2D eigenvalue weighted by molar-refractivity contribution is 0.0739. The van der Waals surface area contributed by atoms with E-state index < -0.39 is 0 Å². The molecule has 4 heterocycles. The fraction of sp³-hybridized carbons (Fsp3) is 0.476. The maximum Gasteiger partial charge on any atom is 0.323 e.